The Morgan fingerprint density at radius 3 is 1.94 bits per heavy atom. The molecular formula is C25H19N3O3. The summed E-state index contributed by atoms with van der Waals surface area (Å²) in [6, 6.07) is 27.6. The van der Waals surface area contributed by atoms with Gasteiger partial charge in [-0.25, -0.2) is 9.78 Å². The molecule has 1 aliphatic rings. The molecular weight excluding hydrogens is 390 g/mol. The number of carbonyl (C=O) groups excluding carboxylic acids is 2. The van der Waals surface area contributed by atoms with Gasteiger partial charge in [-0.15, -0.1) is 0 Å². The maximum absolute atomic E-state index is 13.7. The van der Waals surface area contributed by atoms with Gasteiger partial charge in [0.15, 0.2) is 11.3 Å². The molecule has 3 amide bonds. The highest BCUT2D eigenvalue weighted by atomic mass is 16.4. The summed E-state index contributed by atoms with van der Waals surface area (Å²) in [7, 11) is 0. The summed E-state index contributed by atoms with van der Waals surface area (Å²) in [6.45, 7) is -0.0566. The van der Waals surface area contributed by atoms with Crippen LogP contribution in [0.1, 0.15) is 17.0 Å². The van der Waals surface area contributed by atoms with E-state index in [0.29, 0.717) is 22.8 Å². The van der Waals surface area contributed by atoms with Gasteiger partial charge in [0.2, 0.25) is 5.89 Å². The molecule has 0 bridgehead atoms. The number of carbonyl (C=O) groups is 2. The number of nitrogens with one attached hydrogen (secondary N) is 1. The second-order valence-electron chi connectivity index (χ2n) is 7.29. The van der Waals surface area contributed by atoms with Crippen LogP contribution in [-0.2, 0) is 16.9 Å². The number of rotatable bonds is 5. The van der Waals surface area contributed by atoms with E-state index in [9.17, 15) is 9.59 Å². The van der Waals surface area contributed by atoms with Crippen LogP contribution in [0.4, 0.5) is 4.79 Å². The van der Waals surface area contributed by atoms with E-state index in [1.807, 2.05) is 91.0 Å². The lowest BCUT2D eigenvalue weighted by Gasteiger charge is -2.27. The molecule has 6 nitrogen and oxygen atoms in total. The number of benzene rings is 3. The number of imide groups is 1. The molecule has 1 aliphatic heterocycles. The first kappa shape index (κ1) is 18.8. The SMILES string of the molecule is O=C1NC(c2ccccc2)(c2ccccc2)C(=O)N1Cc1ncc(-c2ccccc2)o1. The van der Waals surface area contributed by atoms with Crippen LogP contribution in [0, 0.1) is 0 Å². The first-order valence-electron chi connectivity index (χ1n) is 9.94. The lowest BCUT2D eigenvalue weighted by atomic mass is 9.82. The third kappa shape index (κ3) is 3.18. The van der Waals surface area contributed by atoms with Crippen LogP contribution in [0.25, 0.3) is 11.3 Å². The third-order valence-electron chi connectivity index (χ3n) is 5.42. The van der Waals surface area contributed by atoms with Crippen molar-refractivity contribution in [2.75, 3.05) is 0 Å². The normalized spacial score (nSPS) is 15.2. The average molecular weight is 409 g/mol. The summed E-state index contributed by atoms with van der Waals surface area (Å²) in [5, 5.41) is 2.93. The molecule has 0 aliphatic carbocycles. The lowest BCUT2D eigenvalue weighted by molar-refractivity contribution is -0.130. The Balaban J connectivity index is 1.50. The van der Waals surface area contributed by atoms with Gasteiger partial charge in [-0.1, -0.05) is 91.0 Å². The van der Waals surface area contributed by atoms with Gasteiger partial charge in [0.1, 0.15) is 6.54 Å². The third-order valence-corrected chi connectivity index (χ3v) is 5.42. The number of aromatic nitrogens is 1. The van der Waals surface area contributed by atoms with Gasteiger partial charge in [0, 0.05) is 5.56 Å². The standard InChI is InChI=1S/C25H19N3O3/c29-23-25(19-12-6-2-7-13-19,20-14-8-3-9-15-20)27-24(30)28(23)17-22-26-16-21(31-22)18-10-4-1-5-11-18/h1-16H,17H2,(H,27,30). The molecule has 0 spiro atoms. The molecule has 152 valence electrons. The smallest absolute Gasteiger partial charge is 0.326 e. The molecule has 3 aromatic carbocycles. The lowest BCUT2D eigenvalue weighted by Crippen LogP contribution is -2.45. The first-order chi connectivity index (χ1) is 15.2. The van der Waals surface area contributed by atoms with Crippen molar-refractivity contribution in [2.24, 2.45) is 0 Å². The molecule has 0 unspecified atom stereocenters. The van der Waals surface area contributed by atoms with Crippen LogP contribution in [-0.4, -0.2) is 21.8 Å². The minimum absolute atomic E-state index is 0.0566. The zero-order valence-corrected chi connectivity index (χ0v) is 16.6. The predicted octanol–water partition coefficient (Wildman–Crippen LogP) is 4.34. The number of amides is 3. The highest BCUT2D eigenvalue weighted by Gasteiger charge is 2.53. The Morgan fingerprint density at radius 1 is 0.806 bits per heavy atom. The van der Waals surface area contributed by atoms with Crippen LogP contribution < -0.4 is 5.32 Å². The summed E-state index contributed by atoms with van der Waals surface area (Å²) in [4.78, 5) is 32.1. The Kier molecular flexibility index (Phi) is 4.59. The van der Waals surface area contributed by atoms with Gasteiger partial charge in [-0.3, -0.25) is 9.69 Å². The number of hydrogen-bond donors (Lipinski definition) is 1. The van der Waals surface area contributed by atoms with Gasteiger partial charge in [0.25, 0.3) is 5.91 Å². The van der Waals surface area contributed by atoms with Gasteiger partial charge in [0.05, 0.1) is 6.20 Å². The second kappa shape index (κ2) is 7.57. The fourth-order valence-corrected chi connectivity index (χ4v) is 3.91. The first-order valence-corrected chi connectivity index (χ1v) is 9.94. The summed E-state index contributed by atoms with van der Waals surface area (Å²) < 4.78 is 5.82. The zero-order valence-electron chi connectivity index (χ0n) is 16.6. The van der Waals surface area contributed by atoms with Crippen molar-refractivity contribution in [1.82, 2.24) is 15.2 Å². The van der Waals surface area contributed by atoms with Gasteiger partial charge >= 0.3 is 6.03 Å². The van der Waals surface area contributed by atoms with E-state index in [0.717, 1.165) is 10.5 Å². The van der Waals surface area contributed by atoms with E-state index < -0.39 is 11.6 Å². The van der Waals surface area contributed by atoms with E-state index in [1.54, 1.807) is 6.20 Å². The van der Waals surface area contributed by atoms with Crippen molar-refractivity contribution in [2.45, 2.75) is 12.1 Å². The van der Waals surface area contributed by atoms with E-state index >= 15 is 0 Å². The molecule has 6 heteroatoms. The Bertz CT molecular complexity index is 1180. The largest absolute Gasteiger partial charge is 0.439 e. The zero-order chi connectivity index (χ0) is 21.3. The predicted molar refractivity (Wildman–Crippen MR) is 115 cm³/mol. The number of oxazole rings is 1. The van der Waals surface area contributed by atoms with Crippen molar-refractivity contribution in [3.8, 4) is 11.3 Å². The molecule has 4 aromatic rings. The molecule has 31 heavy (non-hydrogen) atoms. The van der Waals surface area contributed by atoms with Crippen molar-refractivity contribution in [3.05, 3.63) is 114 Å². The van der Waals surface area contributed by atoms with Gasteiger partial charge in [-0.05, 0) is 11.1 Å². The van der Waals surface area contributed by atoms with E-state index in [4.69, 9.17) is 4.42 Å². The Morgan fingerprint density at radius 2 is 1.35 bits per heavy atom. The Labute approximate surface area is 179 Å². The fourth-order valence-electron chi connectivity index (χ4n) is 3.91. The molecule has 0 saturated carbocycles. The monoisotopic (exact) mass is 409 g/mol. The van der Waals surface area contributed by atoms with E-state index in [2.05, 4.69) is 10.3 Å². The molecule has 1 fully saturated rings. The maximum atomic E-state index is 13.7. The van der Waals surface area contributed by atoms with Gasteiger partial charge in [-0.2, -0.15) is 0 Å². The second-order valence-corrected chi connectivity index (χ2v) is 7.29. The van der Waals surface area contributed by atoms with E-state index in [-0.39, 0.29) is 12.5 Å². The van der Waals surface area contributed by atoms with Gasteiger partial charge < -0.3 is 9.73 Å². The van der Waals surface area contributed by atoms with Crippen LogP contribution in [0.15, 0.2) is 102 Å². The minimum Gasteiger partial charge on any atom is -0.439 e. The molecule has 2 heterocycles. The number of hydrogen-bond acceptors (Lipinski definition) is 4. The number of nitrogens with zero attached hydrogens (tertiary/aromatic N) is 2. The van der Waals surface area contributed by atoms with Crippen molar-refractivity contribution >= 4 is 11.9 Å². The van der Waals surface area contributed by atoms with Crippen LogP contribution in [0.2, 0.25) is 0 Å². The quantitative estimate of drug-likeness (QED) is 0.498. The minimum atomic E-state index is -1.30. The molecule has 0 atom stereocenters. The van der Waals surface area contributed by atoms with Crippen LogP contribution in [0.5, 0.6) is 0 Å². The summed E-state index contributed by atoms with van der Waals surface area (Å²) in [5.74, 6) is 0.508. The van der Waals surface area contributed by atoms with Crippen molar-refractivity contribution < 1.29 is 14.0 Å². The van der Waals surface area contributed by atoms with Crippen molar-refractivity contribution in [3.63, 3.8) is 0 Å². The van der Waals surface area contributed by atoms with E-state index in [1.165, 1.54) is 0 Å². The highest BCUT2D eigenvalue weighted by Crippen LogP contribution is 2.36. The van der Waals surface area contributed by atoms with Crippen LogP contribution in [0.3, 0.4) is 0 Å². The highest BCUT2D eigenvalue weighted by molar-refractivity contribution is 6.09. The molecule has 1 saturated heterocycles. The summed E-state index contributed by atoms with van der Waals surface area (Å²) >= 11 is 0. The van der Waals surface area contributed by atoms with Crippen LogP contribution >= 0.6 is 0 Å². The summed E-state index contributed by atoms with van der Waals surface area (Å²) in [5.41, 5.74) is 0.967. The molecule has 1 aromatic heterocycles. The molecule has 0 radical (unpaired) electrons. The average Bonchev–Trinajstić information content (AvgIpc) is 3.40. The van der Waals surface area contributed by atoms with Crippen molar-refractivity contribution in [1.29, 1.82) is 0 Å². The fraction of sp³-hybridized carbons (Fsp3) is 0.0800. The molecule has 1 N–H and O–H groups in total. The summed E-state index contributed by atoms with van der Waals surface area (Å²) in [6.07, 6.45) is 1.60. The number of urea groups is 1. The molecule has 5 rings (SSSR count). The topological polar surface area (TPSA) is 75.4 Å². The Hall–Kier alpha value is -4.19. The maximum Gasteiger partial charge on any atom is 0.326 e.